The Morgan fingerprint density at radius 3 is 2.88 bits per heavy atom. The average Bonchev–Trinajstić information content (AvgIpc) is 3.23. The molecule has 1 atom stereocenters. The molecule has 0 saturated carbocycles. The number of fused-ring (bicyclic) bond motifs is 1. The van der Waals surface area contributed by atoms with Crippen LogP contribution in [0.25, 0.3) is 0 Å². The Hall–Kier alpha value is -1.97. The smallest absolute Gasteiger partial charge is 0.191 e. The summed E-state index contributed by atoms with van der Waals surface area (Å²) in [4.78, 5) is 4.25. The molecule has 8 heteroatoms. The second-order valence-electron chi connectivity index (χ2n) is 5.99. The van der Waals surface area contributed by atoms with Gasteiger partial charge >= 0.3 is 0 Å². The largest absolute Gasteiger partial charge is 0.494 e. The van der Waals surface area contributed by atoms with Crippen LogP contribution in [-0.2, 0) is 19.5 Å². The minimum atomic E-state index is 0. The Labute approximate surface area is 171 Å². The minimum absolute atomic E-state index is 0. The molecule has 0 saturated heterocycles. The topological polar surface area (TPSA) is 83.6 Å². The Kier molecular flexibility index (Phi) is 7.55. The van der Waals surface area contributed by atoms with E-state index < -0.39 is 0 Å². The van der Waals surface area contributed by atoms with Gasteiger partial charge in [0.2, 0.25) is 0 Å². The van der Waals surface area contributed by atoms with Crippen molar-refractivity contribution in [3.8, 4) is 11.5 Å². The molecule has 26 heavy (non-hydrogen) atoms. The van der Waals surface area contributed by atoms with Crippen LogP contribution in [-0.4, -0.2) is 35.9 Å². The number of guanidine groups is 1. The van der Waals surface area contributed by atoms with Crippen molar-refractivity contribution in [3.05, 3.63) is 41.2 Å². The van der Waals surface area contributed by atoms with Crippen molar-refractivity contribution >= 4 is 29.9 Å². The molecule has 0 amide bonds. The fourth-order valence-electron chi connectivity index (χ4n) is 2.87. The lowest BCUT2D eigenvalue weighted by molar-refractivity contribution is 0.254. The van der Waals surface area contributed by atoms with Crippen molar-refractivity contribution < 1.29 is 9.47 Å². The van der Waals surface area contributed by atoms with Crippen LogP contribution in [0.1, 0.15) is 30.7 Å². The summed E-state index contributed by atoms with van der Waals surface area (Å²) in [6.45, 7) is 5.94. The van der Waals surface area contributed by atoms with E-state index in [0.717, 1.165) is 29.2 Å². The maximum atomic E-state index is 5.87. The zero-order valence-electron chi connectivity index (χ0n) is 15.3. The summed E-state index contributed by atoms with van der Waals surface area (Å²) < 4.78 is 11.7. The molecule has 1 unspecified atom stereocenters. The lowest BCUT2D eigenvalue weighted by atomic mass is 10.1. The summed E-state index contributed by atoms with van der Waals surface area (Å²) in [6, 6.07) is 6.09. The highest BCUT2D eigenvalue weighted by Crippen LogP contribution is 2.35. The molecule has 0 aliphatic carbocycles. The van der Waals surface area contributed by atoms with Gasteiger partial charge in [0.15, 0.2) is 5.96 Å². The predicted molar refractivity (Wildman–Crippen MR) is 112 cm³/mol. The molecule has 2 heterocycles. The molecule has 1 aromatic carbocycles. The maximum Gasteiger partial charge on any atom is 0.191 e. The lowest BCUT2D eigenvalue weighted by Gasteiger charge is -2.15. The number of nitrogens with one attached hydrogen (secondary N) is 3. The van der Waals surface area contributed by atoms with Crippen molar-refractivity contribution in [1.29, 1.82) is 0 Å². The number of H-pyrrole nitrogens is 1. The number of rotatable bonds is 6. The predicted octanol–water partition coefficient (Wildman–Crippen LogP) is 2.62. The van der Waals surface area contributed by atoms with Gasteiger partial charge in [0.1, 0.15) is 17.6 Å². The highest BCUT2D eigenvalue weighted by Gasteiger charge is 2.21. The quantitative estimate of drug-likeness (QED) is 0.343. The molecular formula is C18H26IN5O2. The number of hydrogen-bond donors (Lipinski definition) is 3. The van der Waals surface area contributed by atoms with E-state index in [9.17, 15) is 0 Å². The van der Waals surface area contributed by atoms with E-state index in [1.807, 2.05) is 13.0 Å². The van der Waals surface area contributed by atoms with Crippen LogP contribution in [0.4, 0.5) is 0 Å². The summed E-state index contributed by atoms with van der Waals surface area (Å²) in [7, 11) is 1.75. The molecule has 3 N–H and O–H groups in total. The van der Waals surface area contributed by atoms with E-state index in [0.29, 0.717) is 25.7 Å². The zero-order valence-corrected chi connectivity index (χ0v) is 17.7. The molecule has 0 fully saturated rings. The molecule has 0 bridgehead atoms. The molecule has 142 valence electrons. The Balaban J connectivity index is 0.00000243. The van der Waals surface area contributed by atoms with Gasteiger partial charge in [-0.2, -0.15) is 5.10 Å². The number of halogens is 1. The van der Waals surface area contributed by atoms with Crippen LogP contribution in [0.2, 0.25) is 0 Å². The highest BCUT2D eigenvalue weighted by atomic mass is 127. The first kappa shape index (κ1) is 20.3. The third-order valence-electron chi connectivity index (χ3n) is 4.05. The first-order valence-corrected chi connectivity index (χ1v) is 8.57. The molecule has 2 aromatic rings. The summed E-state index contributed by atoms with van der Waals surface area (Å²) in [6.07, 6.45) is 2.88. The summed E-state index contributed by atoms with van der Waals surface area (Å²) in [5, 5.41) is 13.4. The average molecular weight is 471 g/mol. The van der Waals surface area contributed by atoms with Gasteiger partial charge in [0.25, 0.3) is 0 Å². The number of aliphatic imine (C=N–C) groups is 1. The zero-order chi connectivity index (χ0) is 17.6. The summed E-state index contributed by atoms with van der Waals surface area (Å²) >= 11 is 0. The first-order chi connectivity index (χ1) is 12.2. The Bertz CT molecular complexity index is 733. The molecule has 0 spiro atoms. The van der Waals surface area contributed by atoms with E-state index in [1.54, 1.807) is 13.2 Å². The second kappa shape index (κ2) is 9.65. The monoisotopic (exact) mass is 471 g/mol. The standard InChI is InChI=1S/C18H25N5O2.HI/c1-4-24-16-8-13-7-12(2)25-17(13)9-14(16)10-20-18(19-3)21-11-15-5-6-22-23-15;/h5-6,8-9,12H,4,7,10-11H2,1-3H3,(H,22,23)(H2,19,20,21);1H. The lowest BCUT2D eigenvalue weighted by Crippen LogP contribution is -2.36. The number of nitrogens with zero attached hydrogens (tertiary/aromatic N) is 2. The van der Waals surface area contributed by atoms with Crippen LogP contribution in [0.3, 0.4) is 0 Å². The van der Waals surface area contributed by atoms with E-state index in [-0.39, 0.29) is 30.1 Å². The van der Waals surface area contributed by atoms with Crippen molar-refractivity contribution in [1.82, 2.24) is 20.8 Å². The summed E-state index contributed by atoms with van der Waals surface area (Å²) in [5.74, 6) is 2.57. The van der Waals surface area contributed by atoms with Gasteiger partial charge in [-0.1, -0.05) is 0 Å². The van der Waals surface area contributed by atoms with Gasteiger partial charge < -0.3 is 20.1 Å². The van der Waals surface area contributed by atoms with Crippen molar-refractivity contribution in [2.75, 3.05) is 13.7 Å². The molecule has 0 radical (unpaired) electrons. The van der Waals surface area contributed by atoms with Crippen LogP contribution < -0.4 is 20.1 Å². The van der Waals surface area contributed by atoms with E-state index >= 15 is 0 Å². The summed E-state index contributed by atoms with van der Waals surface area (Å²) in [5.41, 5.74) is 3.26. The van der Waals surface area contributed by atoms with Gasteiger partial charge in [-0.05, 0) is 32.0 Å². The van der Waals surface area contributed by atoms with Crippen molar-refractivity contribution in [3.63, 3.8) is 0 Å². The van der Waals surface area contributed by atoms with Crippen molar-refractivity contribution in [2.45, 2.75) is 39.5 Å². The molecule has 3 rings (SSSR count). The number of hydrogen-bond acceptors (Lipinski definition) is 4. The van der Waals surface area contributed by atoms with Crippen LogP contribution in [0.15, 0.2) is 29.4 Å². The third kappa shape index (κ3) is 5.03. The Morgan fingerprint density at radius 2 is 2.19 bits per heavy atom. The van der Waals surface area contributed by atoms with Crippen LogP contribution in [0, 0.1) is 0 Å². The van der Waals surface area contributed by atoms with E-state index in [4.69, 9.17) is 9.47 Å². The van der Waals surface area contributed by atoms with Gasteiger partial charge in [-0.15, -0.1) is 24.0 Å². The third-order valence-corrected chi connectivity index (χ3v) is 4.05. The van der Waals surface area contributed by atoms with Gasteiger partial charge in [0.05, 0.1) is 18.8 Å². The second-order valence-corrected chi connectivity index (χ2v) is 5.99. The molecule has 1 aliphatic rings. The number of aromatic nitrogens is 2. The first-order valence-electron chi connectivity index (χ1n) is 8.57. The molecule has 7 nitrogen and oxygen atoms in total. The minimum Gasteiger partial charge on any atom is -0.494 e. The number of benzene rings is 1. The number of aromatic amines is 1. The van der Waals surface area contributed by atoms with Gasteiger partial charge in [-0.25, -0.2) is 0 Å². The maximum absolute atomic E-state index is 5.87. The van der Waals surface area contributed by atoms with E-state index in [2.05, 4.69) is 44.9 Å². The fraction of sp³-hybridized carbons (Fsp3) is 0.444. The van der Waals surface area contributed by atoms with Crippen LogP contribution >= 0.6 is 24.0 Å². The van der Waals surface area contributed by atoms with Crippen LogP contribution in [0.5, 0.6) is 11.5 Å². The Morgan fingerprint density at radius 1 is 1.38 bits per heavy atom. The van der Waals surface area contributed by atoms with Gasteiger partial charge in [-0.3, -0.25) is 10.1 Å². The highest BCUT2D eigenvalue weighted by molar-refractivity contribution is 14.0. The SMILES string of the molecule is CCOc1cc2c(cc1CNC(=NC)NCc1ccn[nH]1)OC(C)C2.I. The fourth-order valence-corrected chi connectivity index (χ4v) is 2.87. The molecule has 1 aliphatic heterocycles. The normalized spacial score (nSPS) is 15.7. The molecular weight excluding hydrogens is 445 g/mol. The van der Waals surface area contributed by atoms with Crippen molar-refractivity contribution in [2.24, 2.45) is 4.99 Å². The molecule has 1 aromatic heterocycles. The van der Waals surface area contributed by atoms with Gasteiger partial charge in [0, 0.05) is 37.3 Å². The van der Waals surface area contributed by atoms with E-state index in [1.165, 1.54) is 5.56 Å². The number of ether oxygens (including phenoxy) is 2.